The van der Waals surface area contributed by atoms with Gasteiger partial charge in [0, 0.05) is 19.0 Å². The third-order valence-electron chi connectivity index (χ3n) is 6.18. The number of carbonyl (C=O) groups excluding carboxylic acids is 3. The number of ether oxygens (including phenoxy) is 1. The summed E-state index contributed by atoms with van der Waals surface area (Å²) in [6.45, 7) is 0.291. The fraction of sp³-hybridized carbons (Fsp3) is 0.385. The van der Waals surface area contributed by atoms with Gasteiger partial charge in [-0.1, -0.05) is 42.5 Å². The molecular weight excluding hydrogens is 436 g/mol. The summed E-state index contributed by atoms with van der Waals surface area (Å²) in [6, 6.07) is 16.6. The molecule has 1 aliphatic carbocycles. The van der Waals surface area contributed by atoms with Gasteiger partial charge in [-0.2, -0.15) is 0 Å². The zero-order valence-electron chi connectivity index (χ0n) is 18.8. The highest BCUT2D eigenvalue weighted by molar-refractivity contribution is 6.19. The van der Waals surface area contributed by atoms with Gasteiger partial charge in [-0.15, -0.1) is 0 Å². The molecule has 2 fully saturated rings. The molecule has 178 valence electrons. The van der Waals surface area contributed by atoms with Crippen LogP contribution in [0, 0.1) is 11.8 Å². The summed E-state index contributed by atoms with van der Waals surface area (Å²) in [5, 5.41) is 11.0. The van der Waals surface area contributed by atoms with E-state index in [9.17, 15) is 19.2 Å². The maximum absolute atomic E-state index is 13.4. The number of carboxylic acids is 1. The Balaban J connectivity index is 1.51. The van der Waals surface area contributed by atoms with Gasteiger partial charge in [0.1, 0.15) is 12.3 Å². The topological polar surface area (TPSA) is 113 Å². The van der Waals surface area contributed by atoms with E-state index in [0.29, 0.717) is 18.9 Å². The number of benzene rings is 2. The van der Waals surface area contributed by atoms with Crippen LogP contribution < -0.4 is 10.1 Å². The van der Waals surface area contributed by atoms with E-state index < -0.39 is 42.1 Å². The summed E-state index contributed by atoms with van der Waals surface area (Å²) in [5.74, 6) is -3.33. The third kappa shape index (κ3) is 6.01. The number of hydrogen-bond donors (Lipinski definition) is 2. The minimum absolute atomic E-state index is 0.0222. The molecule has 1 saturated heterocycles. The molecule has 0 bridgehead atoms. The van der Waals surface area contributed by atoms with Crippen molar-refractivity contribution in [1.29, 1.82) is 0 Å². The van der Waals surface area contributed by atoms with Crippen LogP contribution in [-0.4, -0.2) is 52.8 Å². The summed E-state index contributed by atoms with van der Waals surface area (Å²) in [4.78, 5) is 51.0. The standard InChI is InChI=1S/C26H28N2O6/c29-22-13-20(12-17-4-2-1-3-5-17)28(26(33)24(22)25(32)27-14-23(30)31)15-18-8-10-21(11-9-18)34-16-19-6-7-19/h1-5,8-11,19-20,24H,6-7,12-16H2,(H,27,32)(H,30,31)/t20-,24?/m0/s1. The van der Waals surface area contributed by atoms with Gasteiger partial charge in [-0.3, -0.25) is 19.2 Å². The van der Waals surface area contributed by atoms with E-state index >= 15 is 0 Å². The molecule has 1 saturated carbocycles. The van der Waals surface area contributed by atoms with Crippen LogP contribution >= 0.6 is 0 Å². The summed E-state index contributed by atoms with van der Waals surface area (Å²) in [7, 11) is 0. The van der Waals surface area contributed by atoms with E-state index in [4.69, 9.17) is 9.84 Å². The molecule has 1 aliphatic heterocycles. The van der Waals surface area contributed by atoms with Gasteiger partial charge in [-0.05, 0) is 48.4 Å². The summed E-state index contributed by atoms with van der Waals surface area (Å²) in [6.07, 6.45) is 2.91. The molecule has 4 rings (SSSR count). The van der Waals surface area contributed by atoms with Crippen molar-refractivity contribution in [3.8, 4) is 5.75 Å². The molecule has 1 unspecified atom stereocenters. The first-order valence-electron chi connectivity index (χ1n) is 11.5. The fourth-order valence-electron chi connectivity index (χ4n) is 4.13. The predicted octanol–water partition coefficient (Wildman–Crippen LogP) is 2.21. The zero-order chi connectivity index (χ0) is 24.1. The molecule has 2 atom stereocenters. The number of carboxylic acid groups (broad SMARTS) is 1. The minimum Gasteiger partial charge on any atom is -0.493 e. The lowest BCUT2D eigenvalue weighted by Gasteiger charge is -2.38. The number of ketones is 1. The average molecular weight is 465 g/mol. The Morgan fingerprint density at radius 1 is 1.00 bits per heavy atom. The lowest BCUT2D eigenvalue weighted by atomic mass is 9.86. The molecule has 0 spiro atoms. The number of hydrogen-bond acceptors (Lipinski definition) is 5. The second-order valence-electron chi connectivity index (χ2n) is 8.92. The van der Waals surface area contributed by atoms with E-state index in [2.05, 4.69) is 5.32 Å². The molecule has 0 aromatic heterocycles. The highest BCUT2D eigenvalue weighted by Gasteiger charge is 2.45. The molecule has 2 aromatic rings. The summed E-state index contributed by atoms with van der Waals surface area (Å²) < 4.78 is 5.78. The molecule has 2 aliphatic rings. The largest absolute Gasteiger partial charge is 0.493 e. The van der Waals surface area contributed by atoms with Gasteiger partial charge in [0.2, 0.25) is 11.8 Å². The van der Waals surface area contributed by atoms with Crippen LogP contribution in [0.1, 0.15) is 30.4 Å². The Kier molecular flexibility index (Phi) is 7.25. The first kappa shape index (κ1) is 23.5. The highest BCUT2D eigenvalue weighted by Crippen LogP contribution is 2.30. The van der Waals surface area contributed by atoms with Gasteiger partial charge >= 0.3 is 5.97 Å². The van der Waals surface area contributed by atoms with Crippen LogP contribution in [0.5, 0.6) is 5.75 Å². The number of piperidine rings is 1. The van der Waals surface area contributed by atoms with E-state index in [0.717, 1.165) is 16.9 Å². The molecule has 34 heavy (non-hydrogen) atoms. The molecule has 8 heteroatoms. The number of nitrogens with one attached hydrogen (secondary N) is 1. The Morgan fingerprint density at radius 2 is 1.71 bits per heavy atom. The number of carbonyl (C=O) groups is 4. The lowest BCUT2D eigenvalue weighted by molar-refractivity contribution is -0.155. The smallest absolute Gasteiger partial charge is 0.322 e. The van der Waals surface area contributed by atoms with Gasteiger partial charge < -0.3 is 20.1 Å². The van der Waals surface area contributed by atoms with Gasteiger partial charge in [-0.25, -0.2) is 0 Å². The number of Topliss-reactive ketones (excluding diaryl/α,β-unsaturated/α-hetero) is 1. The van der Waals surface area contributed by atoms with Crippen molar-refractivity contribution in [1.82, 2.24) is 10.2 Å². The van der Waals surface area contributed by atoms with Crippen molar-refractivity contribution in [3.05, 3.63) is 65.7 Å². The molecule has 2 N–H and O–H groups in total. The van der Waals surface area contributed by atoms with Crippen LogP contribution in [0.3, 0.4) is 0 Å². The molecule has 8 nitrogen and oxygen atoms in total. The second kappa shape index (κ2) is 10.5. The summed E-state index contributed by atoms with van der Waals surface area (Å²) in [5.41, 5.74) is 1.83. The number of amides is 2. The Bertz CT molecular complexity index is 1050. The van der Waals surface area contributed by atoms with Gasteiger partial charge in [0.25, 0.3) is 0 Å². The van der Waals surface area contributed by atoms with E-state index in [1.54, 1.807) is 4.90 Å². The van der Waals surface area contributed by atoms with Crippen LogP contribution in [0.25, 0.3) is 0 Å². The monoisotopic (exact) mass is 464 g/mol. The fourth-order valence-corrected chi connectivity index (χ4v) is 4.13. The first-order valence-corrected chi connectivity index (χ1v) is 11.5. The number of rotatable bonds is 10. The molecule has 2 amide bonds. The normalized spacial score (nSPS) is 20.2. The lowest BCUT2D eigenvalue weighted by Crippen LogP contribution is -2.56. The average Bonchev–Trinajstić information content (AvgIpc) is 3.65. The van der Waals surface area contributed by atoms with Crippen molar-refractivity contribution in [3.63, 3.8) is 0 Å². The quantitative estimate of drug-likeness (QED) is 0.522. The molecular formula is C26H28N2O6. The first-order chi connectivity index (χ1) is 16.4. The predicted molar refractivity (Wildman–Crippen MR) is 123 cm³/mol. The van der Waals surface area contributed by atoms with Crippen molar-refractivity contribution >= 4 is 23.6 Å². The van der Waals surface area contributed by atoms with E-state index in [1.165, 1.54) is 12.8 Å². The number of aliphatic carboxylic acids is 1. The maximum atomic E-state index is 13.4. The molecule has 2 aromatic carbocycles. The van der Waals surface area contributed by atoms with Crippen molar-refractivity contribution in [2.45, 2.75) is 38.3 Å². The van der Waals surface area contributed by atoms with Gasteiger partial charge in [0.15, 0.2) is 11.7 Å². The van der Waals surface area contributed by atoms with Crippen molar-refractivity contribution in [2.75, 3.05) is 13.2 Å². The Hall–Kier alpha value is -3.68. The van der Waals surface area contributed by atoms with Crippen molar-refractivity contribution < 1.29 is 29.0 Å². The third-order valence-corrected chi connectivity index (χ3v) is 6.18. The van der Waals surface area contributed by atoms with Crippen LogP contribution in [0.2, 0.25) is 0 Å². The Morgan fingerprint density at radius 3 is 2.35 bits per heavy atom. The highest BCUT2D eigenvalue weighted by atomic mass is 16.5. The SMILES string of the molecule is O=C(O)CNC(=O)C1C(=O)C[C@H](Cc2ccccc2)N(Cc2ccc(OCC3CC3)cc2)C1=O. The summed E-state index contributed by atoms with van der Waals surface area (Å²) >= 11 is 0. The molecule has 1 heterocycles. The van der Waals surface area contributed by atoms with Crippen LogP contribution in [0.15, 0.2) is 54.6 Å². The number of likely N-dealkylation sites (tertiary alicyclic amines) is 1. The zero-order valence-corrected chi connectivity index (χ0v) is 18.8. The maximum Gasteiger partial charge on any atom is 0.322 e. The minimum atomic E-state index is -1.53. The van der Waals surface area contributed by atoms with Crippen LogP contribution in [-0.2, 0) is 32.1 Å². The van der Waals surface area contributed by atoms with Crippen LogP contribution in [0.4, 0.5) is 0 Å². The number of nitrogens with zero attached hydrogens (tertiary/aromatic N) is 1. The van der Waals surface area contributed by atoms with E-state index in [-0.39, 0.29) is 13.0 Å². The second-order valence-corrected chi connectivity index (χ2v) is 8.92. The van der Waals surface area contributed by atoms with Gasteiger partial charge in [0.05, 0.1) is 6.61 Å². The van der Waals surface area contributed by atoms with E-state index in [1.807, 2.05) is 54.6 Å². The Labute approximate surface area is 197 Å². The molecule has 0 radical (unpaired) electrons. The van der Waals surface area contributed by atoms with Crippen molar-refractivity contribution in [2.24, 2.45) is 11.8 Å².